The third kappa shape index (κ3) is 6.47. The Labute approximate surface area is 150 Å². The second kappa shape index (κ2) is 8.46. The number of rotatable bonds is 5. The first-order chi connectivity index (χ1) is 11.0. The van der Waals surface area contributed by atoms with Crippen molar-refractivity contribution in [1.29, 1.82) is 0 Å². The van der Waals surface area contributed by atoms with Crippen LogP contribution in [-0.2, 0) is 14.3 Å². The van der Waals surface area contributed by atoms with E-state index < -0.39 is 29.5 Å². The summed E-state index contributed by atoms with van der Waals surface area (Å²) in [6.07, 6.45) is -0.924. The second-order valence-corrected chi connectivity index (χ2v) is 7.19. The number of hydrogen-bond acceptors (Lipinski definition) is 4. The van der Waals surface area contributed by atoms with Gasteiger partial charge in [0.25, 0.3) is 0 Å². The fourth-order valence-corrected chi connectivity index (χ4v) is 2.36. The number of halogens is 2. The minimum Gasteiger partial charge on any atom is -0.466 e. The second-order valence-electron chi connectivity index (χ2n) is 6.33. The van der Waals surface area contributed by atoms with Crippen LogP contribution in [0.25, 0.3) is 0 Å². The third-order valence-corrected chi connectivity index (χ3v) is 3.87. The Hall–Kier alpha value is -1.63. The van der Waals surface area contributed by atoms with Crippen molar-refractivity contribution in [2.24, 2.45) is 0 Å². The number of aryl methyl sites for hydroxylation is 1. The predicted octanol–water partition coefficient (Wildman–Crippen LogP) is 4.42. The zero-order valence-electron chi connectivity index (χ0n) is 14.5. The lowest BCUT2D eigenvalue weighted by Crippen LogP contribution is -2.36. The summed E-state index contributed by atoms with van der Waals surface area (Å²) in [4.78, 5) is 23.8. The number of hydrogen-bond donors (Lipinski definition) is 1. The summed E-state index contributed by atoms with van der Waals surface area (Å²) < 4.78 is 25.1. The smallest absolute Gasteiger partial charge is 0.408 e. The molecule has 0 aliphatic heterocycles. The van der Waals surface area contributed by atoms with Gasteiger partial charge in [-0.05, 0) is 52.3 Å². The van der Waals surface area contributed by atoms with Crippen LogP contribution in [0, 0.1) is 12.7 Å². The van der Waals surface area contributed by atoms with Gasteiger partial charge in [-0.25, -0.2) is 9.18 Å². The summed E-state index contributed by atoms with van der Waals surface area (Å²) in [5.74, 6) is -1.05. The predicted molar refractivity (Wildman–Crippen MR) is 92.2 cm³/mol. The van der Waals surface area contributed by atoms with Crippen molar-refractivity contribution in [2.75, 3.05) is 6.61 Å². The van der Waals surface area contributed by atoms with Crippen LogP contribution in [0.2, 0.25) is 0 Å². The Morgan fingerprint density at radius 1 is 1.33 bits per heavy atom. The van der Waals surface area contributed by atoms with Gasteiger partial charge in [-0.15, -0.1) is 0 Å². The molecule has 1 rings (SSSR count). The summed E-state index contributed by atoms with van der Waals surface area (Å²) in [5, 5.41) is 2.54. The van der Waals surface area contributed by atoms with Crippen LogP contribution in [-0.4, -0.2) is 24.3 Å². The van der Waals surface area contributed by atoms with E-state index in [2.05, 4.69) is 21.2 Å². The van der Waals surface area contributed by atoms with E-state index >= 15 is 0 Å². The van der Waals surface area contributed by atoms with E-state index in [0.717, 1.165) is 0 Å². The third-order valence-electron chi connectivity index (χ3n) is 3.02. The largest absolute Gasteiger partial charge is 0.466 e. The molecular formula is C17H23BrFNO4. The molecule has 0 heterocycles. The fraction of sp³-hybridized carbons (Fsp3) is 0.529. The molecule has 0 aliphatic rings. The first-order valence-electron chi connectivity index (χ1n) is 7.64. The van der Waals surface area contributed by atoms with E-state index in [1.54, 1.807) is 40.7 Å². The van der Waals surface area contributed by atoms with Gasteiger partial charge in [0.15, 0.2) is 0 Å². The van der Waals surface area contributed by atoms with Gasteiger partial charge in [0.2, 0.25) is 0 Å². The number of carbonyl (C=O) groups excluding carboxylic acids is 2. The number of esters is 1. The molecule has 0 saturated heterocycles. The number of amides is 1. The lowest BCUT2D eigenvalue weighted by atomic mass is 10.0. The molecule has 0 unspecified atom stereocenters. The highest BCUT2D eigenvalue weighted by atomic mass is 79.9. The highest BCUT2D eigenvalue weighted by Gasteiger charge is 2.25. The van der Waals surface area contributed by atoms with E-state index in [-0.39, 0.29) is 18.6 Å². The summed E-state index contributed by atoms with van der Waals surface area (Å²) >= 11 is 3.33. The number of benzene rings is 1. The van der Waals surface area contributed by atoms with Gasteiger partial charge in [-0.3, -0.25) is 4.79 Å². The number of alkyl carbamates (subject to hydrolysis) is 1. The van der Waals surface area contributed by atoms with E-state index in [4.69, 9.17) is 9.47 Å². The molecule has 1 N–H and O–H groups in total. The molecule has 0 aliphatic carbocycles. The van der Waals surface area contributed by atoms with Crippen molar-refractivity contribution in [3.8, 4) is 0 Å². The summed E-state index contributed by atoms with van der Waals surface area (Å²) in [6, 6.07) is 2.00. The highest BCUT2D eigenvalue weighted by Crippen LogP contribution is 2.27. The molecule has 0 spiro atoms. The Morgan fingerprint density at radius 2 is 1.96 bits per heavy atom. The van der Waals surface area contributed by atoms with E-state index in [0.29, 0.717) is 10.0 Å². The summed E-state index contributed by atoms with van der Waals surface area (Å²) in [6.45, 7) is 8.79. The molecule has 1 aromatic rings. The Kier molecular flexibility index (Phi) is 7.20. The molecule has 0 radical (unpaired) electrons. The zero-order valence-corrected chi connectivity index (χ0v) is 16.1. The molecule has 1 aromatic carbocycles. The van der Waals surface area contributed by atoms with Gasteiger partial charge in [-0.1, -0.05) is 15.9 Å². The molecule has 0 bridgehead atoms. The highest BCUT2D eigenvalue weighted by molar-refractivity contribution is 9.10. The maximum Gasteiger partial charge on any atom is 0.408 e. The average Bonchev–Trinajstić information content (AvgIpc) is 2.40. The molecule has 134 valence electrons. The van der Waals surface area contributed by atoms with Gasteiger partial charge in [-0.2, -0.15) is 0 Å². The summed E-state index contributed by atoms with van der Waals surface area (Å²) in [7, 11) is 0. The minimum atomic E-state index is -0.893. The van der Waals surface area contributed by atoms with Crippen LogP contribution in [0.3, 0.4) is 0 Å². The maximum absolute atomic E-state index is 14.3. The number of carbonyl (C=O) groups is 2. The number of ether oxygens (including phenoxy) is 2. The minimum absolute atomic E-state index is 0.186. The first kappa shape index (κ1) is 20.4. The van der Waals surface area contributed by atoms with Gasteiger partial charge < -0.3 is 14.8 Å². The van der Waals surface area contributed by atoms with Gasteiger partial charge >= 0.3 is 12.1 Å². The van der Waals surface area contributed by atoms with Gasteiger partial charge in [0, 0.05) is 10.0 Å². The van der Waals surface area contributed by atoms with Crippen LogP contribution < -0.4 is 5.32 Å². The first-order valence-corrected chi connectivity index (χ1v) is 8.43. The molecule has 1 amide bonds. The van der Waals surface area contributed by atoms with E-state index in [1.165, 1.54) is 6.07 Å². The normalized spacial score (nSPS) is 12.5. The molecular weight excluding hydrogens is 381 g/mol. The fourth-order valence-electron chi connectivity index (χ4n) is 2.00. The standard InChI is InChI=1S/C17H23BrFNO4/c1-6-23-15(21)9-14(20-16(22)24-17(3,4)5)11-8-12(18)10(2)7-13(11)19/h7-8,14H,6,9H2,1-5H3,(H,20,22)/t14-/m0/s1. The van der Waals surface area contributed by atoms with Gasteiger partial charge in [0.05, 0.1) is 19.1 Å². The van der Waals surface area contributed by atoms with Crippen LogP contribution in [0.1, 0.15) is 51.3 Å². The van der Waals surface area contributed by atoms with E-state index in [9.17, 15) is 14.0 Å². The summed E-state index contributed by atoms with van der Waals surface area (Å²) in [5.41, 5.74) is 0.195. The quantitative estimate of drug-likeness (QED) is 0.739. The van der Waals surface area contributed by atoms with E-state index in [1.807, 2.05) is 0 Å². The van der Waals surface area contributed by atoms with Crippen molar-refractivity contribution in [1.82, 2.24) is 5.32 Å². The Morgan fingerprint density at radius 3 is 2.50 bits per heavy atom. The van der Waals surface area contributed by atoms with Crippen molar-refractivity contribution >= 4 is 28.0 Å². The van der Waals surface area contributed by atoms with Crippen LogP contribution in [0.4, 0.5) is 9.18 Å². The van der Waals surface area contributed by atoms with Gasteiger partial charge in [0.1, 0.15) is 11.4 Å². The van der Waals surface area contributed by atoms with Crippen molar-refractivity contribution < 1.29 is 23.5 Å². The van der Waals surface area contributed by atoms with Crippen LogP contribution >= 0.6 is 15.9 Å². The topological polar surface area (TPSA) is 64.6 Å². The Bertz CT molecular complexity index is 613. The monoisotopic (exact) mass is 403 g/mol. The molecule has 0 aromatic heterocycles. The van der Waals surface area contributed by atoms with Crippen molar-refractivity contribution in [2.45, 2.75) is 52.7 Å². The Balaban J connectivity index is 3.07. The average molecular weight is 404 g/mol. The molecule has 5 nitrogen and oxygen atoms in total. The maximum atomic E-state index is 14.3. The van der Waals surface area contributed by atoms with Crippen LogP contribution in [0.15, 0.2) is 16.6 Å². The molecule has 0 fully saturated rings. The molecule has 0 saturated carbocycles. The molecule has 24 heavy (non-hydrogen) atoms. The van der Waals surface area contributed by atoms with Crippen LogP contribution in [0.5, 0.6) is 0 Å². The molecule has 7 heteroatoms. The lowest BCUT2D eigenvalue weighted by Gasteiger charge is -2.24. The molecule has 1 atom stereocenters. The zero-order chi connectivity index (χ0) is 18.5. The van der Waals surface area contributed by atoms with Crippen molar-refractivity contribution in [3.05, 3.63) is 33.5 Å². The lowest BCUT2D eigenvalue weighted by molar-refractivity contribution is -0.143. The number of nitrogens with one attached hydrogen (secondary N) is 1. The SMILES string of the molecule is CCOC(=O)C[C@H](NC(=O)OC(C)(C)C)c1cc(Br)c(C)cc1F. The van der Waals surface area contributed by atoms with Crippen molar-refractivity contribution in [3.63, 3.8) is 0 Å².